The smallest absolute Gasteiger partial charge is 0.312 e. The van der Waals surface area contributed by atoms with Crippen molar-refractivity contribution in [2.24, 2.45) is 5.73 Å². The number of carbonyl (C=O) groups excluding carboxylic acids is 2. The number of rotatable bonds is 5. The Hall–Kier alpha value is -2.96. The molecular weight excluding hydrogens is 316 g/mol. The van der Waals surface area contributed by atoms with Crippen molar-refractivity contribution in [3.63, 3.8) is 0 Å². The Morgan fingerprint density at radius 2 is 1.79 bits per heavy atom. The van der Waals surface area contributed by atoms with Gasteiger partial charge >= 0.3 is 6.03 Å². The maximum Gasteiger partial charge on any atom is 0.312 e. The van der Waals surface area contributed by atoms with Gasteiger partial charge in [0.1, 0.15) is 11.6 Å². The third-order valence-electron chi connectivity index (χ3n) is 3.46. The number of nitrogens with two attached hydrogens (primary N) is 1. The highest BCUT2D eigenvalue weighted by Crippen LogP contribution is 2.18. The number of urea groups is 1. The number of amides is 3. The van der Waals surface area contributed by atoms with Crippen molar-refractivity contribution >= 4 is 11.9 Å². The number of nitrogens with one attached hydrogen (secondary N) is 2. The lowest BCUT2D eigenvalue weighted by molar-refractivity contribution is 0.0939. The minimum Gasteiger partial charge on any atom is -0.352 e. The summed E-state index contributed by atoms with van der Waals surface area (Å²) in [5.41, 5.74) is 6.34. The molecule has 0 radical (unpaired) electrons. The van der Waals surface area contributed by atoms with Gasteiger partial charge in [0.25, 0.3) is 5.91 Å². The van der Waals surface area contributed by atoms with Gasteiger partial charge < -0.3 is 16.4 Å². The minimum absolute atomic E-state index is 0.201. The lowest BCUT2D eigenvalue weighted by Crippen LogP contribution is -2.29. The van der Waals surface area contributed by atoms with Gasteiger partial charge in [-0.15, -0.1) is 0 Å². The molecule has 0 aromatic heterocycles. The van der Waals surface area contributed by atoms with Crippen molar-refractivity contribution in [3.05, 3.63) is 70.8 Å². The van der Waals surface area contributed by atoms with E-state index < -0.39 is 23.7 Å². The van der Waals surface area contributed by atoms with E-state index in [4.69, 9.17) is 5.73 Å². The van der Waals surface area contributed by atoms with Crippen LogP contribution in [0.5, 0.6) is 0 Å². The molecule has 3 amide bonds. The summed E-state index contributed by atoms with van der Waals surface area (Å²) in [5.74, 6) is -1.77. The molecule has 0 saturated carbocycles. The molecule has 4 N–H and O–H groups in total. The highest BCUT2D eigenvalue weighted by molar-refractivity contribution is 5.94. The van der Waals surface area contributed by atoms with E-state index in [2.05, 4.69) is 10.6 Å². The number of benzene rings is 2. The third-order valence-corrected chi connectivity index (χ3v) is 3.46. The van der Waals surface area contributed by atoms with Gasteiger partial charge in [-0.2, -0.15) is 0 Å². The van der Waals surface area contributed by atoms with Crippen LogP contribution in [0.25, 0.3) is 0 Å². The zero-order valence-corrected chi connectivity index (χ0v) is 13.0. The summed E-state index contributed by atoms with van der Waals surface area (Å²) in [6.07, 6.45) is 0. The molecule has 2 aromatic carbocycles. The minimum atomic E-state index is -0.712. The van der Waals surface area contributed by atoms with E-state index in [-0.39, 0.29) is 18.0 Å². The Morgan fingerprint density at radius 3 is 2.38 bits per heavy atom. The highest BCUT2D eigenvalue weighted by atomic mass is 19.1. The number of hydrogen-bond donors (Lipinski definition) is 3. The second-order valence-corrected chi connectivity index (χ2v) is 5.28. The van der Waals surface area contributed by atoms with Crippen LogP contribution in [0.1, 0.15) is 34.5 Å². The van der Waals surface area contributed by atoms with Crippen molar-refractivity contribution in [2.45, 2.75) is 19.5 Å². The quantitative estimate of drug-likeness (QED) is 0.786. The first-order chi connectivity index (χ1) is 11.4. The van der Waals surface area contributed by atoms with Gasteiger partial charge in [0.2, 0.25) is 0 Å². The molecular formula is C17H17F2N3O2. The predicted molar refractivity (Wildman–Crippen MR) is 85.1 cm³/mol. The molecule has 1 unspecified atom stereocenters. The highest BCUT2D eigenvalue weighted by Gasteiger charge is 2.15. The molecule has 0 aliphatic rings. The van der Waals surface area contributed by atoms with E-state index in [0.717, 1.165) is 17.7 Å². The van der Waals surface area contributed by atoms with Crippen molar-refractivity contribution in [3.8, 4) is 0 Å². The van der Waals surface area contributed by atoms with Crippen LogP contribution in [0.15, 0.2) is 42.5 Å². The van der Waals surface area contributed by atoms with Crippen LogP contribution in [0, 0.1) is 11.6 Å². The van der Waals surface area contributed by atoms with Crippen LogP contribution in [-0.4, -0.2) is 11.9 Å². The van der Waals surface area contributed by atoms with Crippen LogP contribution in [0.4, 0.5) is 13.6 Å². The first-order valence-electron chi connectivity index (χ1n) is 7.25. The summed E-state index contributed by atoms with van der Waals surface area (Å²) >= 11 is 0. The molecule has 0 heterocycles. The van der Waals surface area contributed by atoms with Crippen LogP contribution in [0.2, 0.25) is 0 Å². The molecule has 0 bridgehead atoms. The molecule has 1 atom stereocenters. The van der Waals surface area contributed by atoms with Gasteiger partial charge in [-0.05, 0) is 30.7 Å². The normalized spacial score (nSPS) is 11.6. The van der Waals surface area contributed by atoms with Gasteiger partial charge in [-0.3, -0.25) is 4.79 Å². The number of halogens is 2. The van der Waals surface area contributed by atoms with Crippen molar-refractivity contribution in [1.29, 1.82) is 0 Å². The van der Waals surface area contributed by atoms with Gasteiger partial charge in [0.05, 0.1) is 6.04 Å². The average Bonchev–Trinajstić information content (AvgIpc) is 2.53. The lowest BCUT2D eigenvalue weighted by atomic mass is 10.1. The number of primary amides is 1. The van der Waals surface area contributed by atoms with Gasteiger partial charge in [0, 0.05) is 23.7 Å². The Morgan fingerprint density at radius 1 is 1.12 bits per heavy atom. The summed E-state index contributed by atoms with van der Waals surface area (Å²) in [7, 11) is 0. The molecule has 0 fully saturated rings. The fourth-order valence-electron chi connectivity index (χ4n) is 2.17. The second-order valence-electron chi connectivity index (χ2n) is 5.28. The Balaban J connectivity index is 2.02. The largest absolute Gasteiger partial charge is 0.352 e. The maximum atomic E-state index is 13.7. The van der Waals surface area contributed by atoms with E-state index in [1.54, 1.807) is 31.2 Å². The van der Waals surface area contributed by atoms with Crippen LogP contribution in [-0.2, 0) is 6.54 Å². The molecule has 2 aromatic rings. The molecule has 0 spiro atoms. The maximum absolute atomic E-state index is 13.7. The molecule has 126 valence electrons. The average molecular weight is 333 g/mol. The number of carbonyl (C=O) groups is 2. The van der Waals surface area contributed by atoms with E-state index in [9.17, 15) is 18.4 Å². The van der Waals surface area contributed by atoms with Crippen LogP contribution >= 0.6 is 0 Å². The van der Waals surface area contributed by atoms with Crippen LogP contribution < -0.4 is 16.4 Å². The summed E-state index contributed by atoms with van der Waals surface area (Å²) in [4.78, 5) is 22.8. The molecule has 7 heteroatoms. The molecule has 0 aliphatic carbocycles. The number of hydrogen-bond acceptors (Lipinski definition) is 2. The molecule has 2 rings (SSSR count). The van der Waals surface area contributed by atoms with Gasteiger partial charge in [0.15, 0.2) is 0 Å². The first kappa shape index (κ1) is 17.4. The summed E-state index contributed by atoms with van der Waals surface area (Å²) in [5, 5.41) is 5.09. The van der Waals surface area contributed by atoms with Gasteiger partial charge in [-0.1, -0.05) is 18.2 Å². The van der Waals surface area contributed by atoms with E-state index in [0.29, 0.717) is 5.56 Å². The standard InChI is InChI=1S/C17H17F2N3O2/c1-10(14-7-6-13(18)8-15(14)19)22-16(23)12-4-2-11(3-5-12)9-21-17(20)24/h2-8,10H,9H2,1H3,(H,22,23)(H3,20,21,24). The second kappa shape index (κ2) is 7.54. The van der Waals surface area contributed by atoms with E-state index >= 15 is 0 Å². The fraction of sp³-hybridized carbons (Fsp3) is 0.176. The third kappa shape index (κ3) is 4.52. The topological polar surface area (TPSA) is 84.2 Å². The Bertz CT molecular complexity index is 748. The fourth-order valence-corrected chi connectivity index (χ4v) is 2.17. The van der Waals surface area contributed by atoms with Crippen molar-refractivity contribution < 1.29 is 18.4 Å². The summed E-state index contributed by atoms with van der Waals surface area (Å²) < 4.78 is 26.6. The monoisotopic (exact) mass is 333 g/mol. The zero-order valence-electron chi connectivity index (χ0n) is 13.0. The lowest BCUT2D eigenvalue weighted by Gasteiger charge is -2.15. The Kier molecular flexibility index (Phi) is 5.47. The van der Waals surface area contributed by atoms with Gasteiger partial charge in [-0.25, -0.2) is 13.6 Å². The van der Waals surface area contributed by atoms with E-state index in [1.165, 1.54) is 6.07 Å². The molecule has 24 heavy (non-hydrogen) atoms. The summed E-state index contributed by atoms with van der Waals surface area (Å²) in [6.45, 7) is 1.87. The molecule has 5 nitrogen and oxygen atoms in total. The van der Waals surface area contributed by atoms with Crippen LogP contribution in [0.3, 0.4) is 0 Å². The first-order valence-corrected chi connectivity index (χ1v) is 7.25. The van der Waals surface area contributed by atoms with E-state index in [1.807, 2.05) is 0 Å². The Labute approximate surface area is 137 Å². The summed E-state index contributed by atoms with van der Waals surface area (Å²) in [6, 6.07) is 8.49. The van der Waals surface area contributed by atoms with Crippen molar-refractivity contribution in [1.82, 2.24) is 10.6 Å². The zero-order chi connectivity index (χ0) is 17.7. The predicted octanol–water partition coefficient (Wildman–Crippen LogP) is 2.62. The molecule has 0 aliphatic heterocycles. The van der Waals surface area contributed by atoms with Crippen molar-refractivity contribution in [2.75, 3.05) is 0 Å². The molecule has 0 saturated heterocycles. The SMILES string of the molecule is CC(NC(=O)c1ccc(CNC(N)=O)cc1)c1ccc(F)cc1F.